The van der Waals surface area contributed by atoms with Crippen molar-refractivity contribution in [2.45, 2.75) is 77.0 Å². The molecule has 1 atom stereocenters. The molecule has 16 heteroatoms. The Kier molecular flexibility index (Phi) is 11.5. The summed E-state index contributed by atoms with van der Waals surface area (Å²) in [5.74, 6) is -1.14. The molecular formula is C51H52ClN7O8. The number of aromatic nitrogens is 3. The van der Waals surface area contributed by atoms with E-state index in [1.54, 1.807) is 18.2 Å². The number of aryl methyl sites for hydroxylation is 3. The largest absolute Gasteiger partial charge is 0.493 e. The number of piperidine rings is 1. The summed E-state index contributed by atoms with van der Waals surface area (Å²) in [5.41, 5.74) is 5.86. The van der Waals surface area contributed by atoms with Crippen LogP contribution in [0.25, 0.3) is 32.8 Å². The lowest BCUT2D eigenvalue weighted by molar-refractivity contribution is -0.137. The zero-order chi connectivity index (χ0) is 46.7. The molecule has 2 aromatic heterocycles. The van der Waals surface area contributed by atoms with Gasteiger partial charge in [0.25, 0.3) is 11.8 Å². The fourth-order valence-electron chi connectivity index (χ4n) is 10.7. The van der Waals surface area contributed by atoms with E-state index >= 15 is 0 Å². The SMILES string of the molecule is Cc1nn(C)c(C)c1-c1c(Cl)ccc2c(CCCOc3cccc4ccccc34)c(C(=O)O)n(CCN3CCN(C(=O)COc4cccc5c4CN(C4CCC(=O)NC4=O)C5=O)CC34CC4)c12. The Morgan fingerprint density at radius 3 is 2.45 bits per heavy atom. The fourth-order valence-corrected chi connectivity index (χ4v) is 10.9. The van der Waals surface area contributed by atoms with Crippen LogP contribution in [0.4, 0.5) is 0 Å². The highest BCUT2D eigenvalue weighted by molar-refractivity contribution is 6.35. The Hall–Kier alpha value is -6.71. The van der Waals surface area contributed by atoms with Crippen LogP contribution in [0.1, 0.15) is 75.5 Å². The van der Waals surface area contributed by atoms with Crippen molar-refractivity contribution in [2.75, 3.05) is 39.4 Å². The highest BCUT2D eigenvalue weighted by Crippen LogP contribution is 2.46. The molecule has 5 heterocycles. The van der Waals surface area contributed by atoms with Crippen molar-refractivity contribution in [3.63, 3.8) is 0 Å². The number of carboxylic acids is 1. The van der Waals surface area contributed by atoms with E-state index in [9.17, 15) is 29.1 Å². The van der Waals surface area contributed by atoms with Crippen LogP contribution in [-0.2, 0) is 40.9 Å². The summed E-state index contributed by atoms with van der Waals surface area (Å²) in [5, 5.41) is 21.6. The summed E-state index contributed by atoms with van der Waals surface area (Å²) in [6, 6.07) is 22.2. The fraction of sp³-hybridized carbons (Fsp3) is 0.373. The number of fused-ring (bicyclic) bond motifs is 3. The first-order chi connectivity index (χ1) is 32.3. The van der Waals surface area contributed by atoms with Gasteiger partial charge in [-0.1, -0.05) is 60.1 Å². The number of nitrogens with one attached hydrogen (secondary N) is 1. The third-order valence-corrected chi connectivity index (χ3v) is 14.6. The van der Waals surface area contributed by atoms with Gasteiger partial charge < -0.3 is 28.9 Å². The molecule has 4 amide bonds. The van der Waals surface area contributed by atoms with E-state index in [1.165, 1.54) is 4.90 Å². The number of carbonyl (C=O) groups excluding carboxylic acids is 4. The van der Waals surface area contributed by atoms with Crippen LogP contribution in [-0.4, -0.2) is 115 Å². The van der Waals surface area contributed by atoms with Crippen molar-refractivity contribution < 1.29 is 38.6 Å². The van der Waals surface area contributed by atoms with Crippen LogP contribution in [0, 0.1) is 13.8 Å². The van der Waals surface area contributed by atoms with Crippen molar-refractivity contribution in [3.05, 3.63) is 112 Å². The Labute approximate surface area is 392 Å². The predicted molar refractivity (Wildman–Crippen MR) is 251 cm³/mol. The average Bonchev–Trinajstić information content (AvgIpc) is 3.79. The number of rotatable bonds is 14. The Morgan fingerprint density at radius 1 is 0.910 bits per heavy atom. The second-order valence-electron chi connectivity index (χ2n) is 18.2. The van der Waals surface area contributed by atoms with Crippen LogP contribution >= 0.6 is 11.6 Å². The van der Waals surface area contributed by atoms with Gasteiger partial charge in [-0.2, -0.15) is 5.10 Å². The smallest absolute Gasteiger partial charge is 0.352 e. The summed E-state index contributed by atoms with van der Waals surface area (Å²) >= 11 is 7.13. The van der Waals surface area contributed by atoms with Crippen molar-refractivity contribution in [2.24, 2.45) is 7.05 Å². The molecule has 4 aliphatic rings. The average molecular weight is 926 g/mol. The molecule has 3 aliphatic heterocycles. The van der Waals surface area contributed by atoms with Crippen molar-refractivity contribution >= 4 is 62.9 Å². The number of piperazine rings is 1. The van der Waals surface area contributed by atoms with Gasteiger partial charge in [-0.25, -0.2) is 4.79 Å². The maximum Gasteiger partial charge on any atom is 0.352 e. The van der Waals surface area contributed by atoms with Gasteiger partial charge in [0.2, 0.25) is 11.8 Å². The topological polar surface area (TPSA) is 169 Å². The number of imide groups is 1. The van der Waals surface area contributed by atoms with Gasteiger partial charge in [0, 0.05) is 90.5 Å². The normalized spacial score (nSPS) is 18.0. The Balaban J connectivity index is 0.866. The molecule has 0 radical (unpaired) electrons. The van der Waals surface area contributed by atoms with Crippen LogP contribution in [0.2, 0.25) is 5.02 Å². The minimum atomic E-state index is -1.02. The molecule has 3 fully saturated rings. The van der Waals surface area contributed by atoms with Crippen LogP contribution < -0.4 is 14.8 Å². The number of carboxylic acid groups (broad SMARTS) is 1. The molecule has 67 heavy (non-hydrogen) atoms. The lowest BCUT2D eigenvalue weighted by atomic mass is 9.98. The van der Waals surface area contributed by atoms with Crippen molar-refractivity contribution in [3.8, 4) is 22.6 Å². The molecule has 1 spiro atoms. The zero-order valence-corrected chi connectivity index (χ0v) is 38.5. The molecule has 6 aromatic rings. The quantitative estimate of drug-likeness (QED) is 0.0887. The standard InChI is InChI=1S/C51H52ClN7O8/c1-30-44(31(2)55(3)54-30)45-38(52)17-16-35-34(13-8-26-66-40-14-6-10-32-9-4-5-11-33(32)40)47(50(64)65)58(46(35)45)25-24-57-23-22-56(29-51(57)20-21-51)43(61)28-67-41-15-7-12-36-37(41)27-59(49(36)63)39-18-19-42(60)53-48(39)62/h4-7,9-12,14-17,39H,8,13,18-29H2,1-3H3,(H,64,65)(H,53,60,62). The van der Waals surface area contributed by atoms with E-state index in [0.717, 1.165) is 68.3 Å². The summed E-state index contributed by atoms with van der Waals surface area (Å²) in [7, 11) is 1.89. The summed E-state index contributed by atoms with van der Waals surface area (Å²) < 4.78 is 16.2. The summed E-state index contributed by atoms with van der Waals surface area (Å²) in [4.78, 5) is 70.8. The van der Waals surface area contributed by atoms with Gasteiger partial charge in [0.1, 0.15) is 23.2 Å². The first kappa shape index (κ1) is 44.1. The number of halogens is 1. The minimum Gasteiger partial charge on any atom is -0.493 e. The highest BCUT2D eigenvalue weighted by atomic mass is 35.5. The number of hydrogen-bond acceptors (Lipinski definition) is 9. The molecule has 1 saturated carbocycles. The predicted octanol–water partition coefficient (Wildman–Crippen LogP) is 6.69. The third-order valence-electron chi connectivity index (χ3n) is 14.3. The van der Waals surface area contributed by atoms with Crippen LogP contribution in [0.3, 0.4) is 0 Å². The molecule has 15 nitrogen and oxygen atoms in total. The number of amides is 4. The van der Waals surface area contributed by atoms with E-state index in [4.69, 9.17) is 26.2 Å². The lowest BCUT2D eigenvalue weighted by Gasteiger charge is -2.42. The molecule has 10 rings (SSSR count). The molecule has 4 aromatic carbocycles. The van der Waals surface area contributed by atoms with Crippen LogP contribution in [0.5, 0.6) is 11.5 Å². The third kappa shape index (κ3) is 7.97. The van der Waals surface area contributed by atoms with E-state index in [1.807, 2.05) is 77.5 Å². The number of benzene rings is 4. The second-order valence-corrected chi connectivity index (χ2v) is 18.6. The number of ether oxygens (including phenoxy) is 2. The van der Waals surface area contributed by atoms with Gasteiger partial charge >= 0.3 is 5.97 Å². The highest BCUT2D eigenvalue weighted by Gasteiger charge is 2.52. The molecular weight excluding hydrogens is 874 g/mol. The maximum atomic E-state index is 13.8. The van der Waals surface area contributed by atoms with Gasteiger partial charge in [0.15, 0.2) is 6.61 Å². The van der Waals surface area contributed by atoms with Crippen molar-refractivity contribution in [1.29, 1.82) is 0 Å². The van der Waals surface area contributed by atoms with Crippen molar-refractivity contribution in [1.82, 2.24) is 34.4 Å². The number of carbonyl (C=O) groups is 5. The van der Waals surface area contributed by atoms with Crippen LogP contribution in [0.15, 0.2) is 72.8 Å². The lowest BCUT2D eigenvalue weighted by Crippen LogP contribution is -2.57. The van der Waals surface area contributed by atoms with Gasteiger partial charge in [-0.05, 0) is 81.2 Å². The van der Waals surface area contributed by atoms with E-state index in [2.05, 4.69) is 22.3 Å². The molecule has 2 N–H and O–H groups in total. The molecule has 2 saturated heterocycles. The van der Waals surface area contributed by atoms with E-state index < -0.39 is 17.9 Å². The monoisotopic (exact) mass is 925 g/mol. The zero-order valence-electron chi connectivity index (χ0n) is 37.8. The van der Waals surface area contributed by atoms with E-state index in [-0.39, 0.29) is 54.9 Å². The minimum absolute atomic E-state index is 0.143. The Morgan fingerprint density at radius 2 is 1.69 bits per heavy atom. The Bertz CT molecular complexity index is 3020. The van der Waals surface area contributed by atoms with E-state index in [0.29, 0.717) is 74.1 Å². The summed E-state index contributed by atoms with van der Waals surface area (Å²) in [6.45, 7) is 6.76. The second kappa shape index (κ2) is 17.5. The van der Waals surface area contributed by atoms with Gasteiger partial charge in [-0.3, -0.25) is 34.1 Å². The first-order valence-electron chi connectivity index (χ1n) is 22.9. The van der Waals surface area contributed by atoms with Gasteiger partial charge in [-0.15, -0.1) is 0 Å². The van der Waals surface area contributed by atoms with Gasteiger partial charge in [0.05, 0.1) is 29.4 Å². The number of nitrogens with zero attached hydrogens (tertiary/aromatic N) is 6. The summed E-state index contributed by atoms with van der Waals surface area (Å²) in [6.07, 6.45) is 3.25. The maximum absolute atomic E-state index is 13.8. The molecule has 1 unspecified atom stereocenters. The molecule has 0 bridgehead atoms. The number of aromatic carboxylic acids is 1. The number of hydrogen-bond donors (Lipinski definition) is 2. The first-order valence-corrected chi connectivity index (χ1v) is 23.3. The molecule has 346 valence electrons. The molecule has 1 aliphatic carbocycles.